The minimum atomic E-state index is -3.47. The van der Waals surface area contributed by atoms with Gasteiger partial charge in [0.05, 0.1) is 4.90 Å². The first kappa shape index (κ1) is 18.1. The summed E-state index contributed by atoms with van der Waals surface area (Å²) in [5, 5.41) is 7.78. The fourth-order valence-electron chi connectivity index (χ4n) is 3.51. The summed E-state index contributed by atoms with van der Waals surface area (Å²) in [6.07, 6.45) is 4.83. The van der Waals surface area contributed by atoms with Gasteiger partial charge in [-0.15, -0.1) is 10.2 Å². The number of carbonyl (C=O) groups is 1. The van der Waals surface area contributed by atoms with Crippen LogP contribution in [0.15, 0.2) is 33.6 Å². The van der Waals surface area contributed by atoms with Crippen molar-refractivity contribution in [3.05, 3.63) is 30.2 Å². The van der Waals surface area contributed by atoms with Crippen molar-refractivity contribution in [3.8, 4) is 11.5 Å². The Labute approximate surface area is 158 Å². The van der Waals surface area contributed by atoms with Crippen LogP contribution in [0.2, 0.25) is 0 Å². The Morgan fingerprint density at radius 2 is 1.52 bits per heavy atom. The van der Waals surface area contributed by atoms with Gasteiger partial charge in [-0.25, -0.2) is 8.42 Å². The van der Waals surface area contributed by atoms with E-state index in [1.807, 2.05) is 0 Å². The smallest absolute Gasteiger partial charge is 0.311 e. The Balaban J connectivity index is 1.51. The molecule has 9 heteroatoms. The number of benzene rings is 1. The zero-order chi connectivity index (χ0) is 18.9. The molecule has 0 saturated carbocycles. The fourth-order valence-corrected chi connectivity index (χ4v) is 5.02. The molecular weight excluding hydrogens is 368 g/mol. The van der Waals surface area contributed by atoms with E-state index in [0.717, 1.165) is 32.1 Å². The van der Waals surface area contributed by atoms with Gasteiger partial charge >= 0.3 is 11.8 Å². The van der Waals surface area contributed by atoms with Gasteiger partial charge in [0.1, 0.15) is 0 Å². The molecule has 2 fully saturated rings. The molecule has 2 aliphatic heterocycles. The highest BCUT2D eigenvalue weighted by Crippen LogP contribution is 2.24. The van der Waals surface area contributed by atoms with Gasteiger partial charge in [0, 0.05) is 31.7 Å². The van der Waals surface area contributed by atoms with Crippen molar-refractivity contribution in [2.45, 2.75) is 37.0 Å². The average molecular weight is 390 g/mol. The average Bonchev–Trinajstić information content (AvgIpc) is 3.40. The highest BCUT2D eigenvalue weighted by Gasteiger charge is 2.27. The van der Waals surface area contributed by atoms with Crippen molar-refractivity contribution in [1.29, 1.82) is 0 Å². The number of likely N-dealkylation sites (tertiary alicyclic amines) is 1. The van der Waals surface area contributed by atoms with E-state index < -0.39 is 10.0 Å². The minimum absolute atomic E-state index is 0.0306. The van der Waals surface area contributed by atoms with Crippen LogP contribution < -0.4 is 0 Å². The summed E-state index contributed by atoms with van der Waals surface area (Å²) in [6.45, 7) is 2.55. The summed E-state index contributed by atoms with van der Waals surface area (Å²) < 4.78 is 32.4. The molecule has 8 nitrogen and oxygen atoms in total. The summed E-state index contributed by atoms with van der Waals surface area (Å²) in [5.41, 5.74) is 0.584. The molecular formula is C18H22N4O4S. The topological polar surface area (TPSA) is 96.6 Å². The summed E-state index contributed by atoms with van der Waals surface area (Å²) in [4.78, 5) is 14.2. The number of hydrogen-bond donors (Lipinski definition) is 0. The van der Waals surface area contributed by atoms with Crippen LogP contribution in [-0.4, -0.2) is 59.9 Å². The summed E-state index contributed by atoms with van der Waals surface area (Å²) in [5.74, 6) is -0.0769. The Kier molecular flexibility index (Phi) is 4.96. The third kappa shape index (κ3) is 3.61. The maximum Gasteiger partial charge on any atom is 0.311 e. The third-order valence-corrected chi connectivity index (χ3v) is 6.97. The molecule has 2 saturated heterocycles. The number of hydrogen-bond acceptors (Lipinski definition) is 6. The van der Waals surface area contributed by atoms with Crippen LogP contribution in [0.1, 0.15) is 42.8 Å². The van der Waals surface area contributed by atoms with Gasteiger partial charge in [0.25, 0.3) is 0 Å². The van der Waals surface area contributed by atoms with Gasteiger partial charge in [0.15, 0.2) is 0 Å². The molecule has 0 atom stereocenters. The number of amides is 1. The van der Waals surface area contributed by atoms with Crippen molar-refractivity contribution in [3.63, 3.8) is 0 Å². The number of sulfonamides is 1. The van der Waals surface area contributed by atoms with E-state index in [4.69, 9.17) is 4.42 Å². The van der Waals surface area contributed by atoms with Crippen LogP contribution in [0.3, 0.4) is 0 Å². The molecule has 0 radical (unpaired) electrons. The predicted octanol–water partition coefficient (Wildman–Crippen LogP) is 2.15. The zero-order valence-electron chi connectivity index (χ0n) is 15.0. The number of piperidine rings is 1. The van der Waals surface area contributed by atoms with Crippen LogP contribution in [0.4, 0.5) is 0 Å². The lowest BCUT2D eigenvalue weighted by atomic mass is 10.2. The Bertz CT molecular complexity index is 911. The van der Waals surface area contributed by atoms with E-state index in [-0.39, 0.29) is 22.6 Å². The molecule has 2 aliphatic rings. The van der Waals surface area contributed by atoms with E-state index >= 15 is 0 Å². The molecule has 3 heterocycles. The maximum atomic E-state index is 12.7. The molecule has 4 rings (SSSR count). The lowest BCUT2D eigenvalue weighted by Gasteiger charge is -2.25. The Morgan fingerprint density at radius 1 is 0.889 bits per heavy atom. The monoisotopic (exact) mass is 390 g/mol. The van der Waals surface area contributed by atoms with Gasteiger partial charge in [-0.05, 0) is 49.9 Å². The Morgan fingerprint density at radius 3 is 2.19 bits per heavy atom. The first-order chi connectivity index (χ1) is 13.1. The third-order valence-electron chi connectivity index (χ3n) is 5.06. The zero-order valence-corrected chi connectivity index (χ0v) is 15.8. The molecule has 1 aromatic heterocycles. The molecule has 27 heavy (non-hydrogen) atoms. The van der Waals surface area contributed by atoms with Crippen LogP contribution in [0.5, 0.6) is 0 Å². The number of carbonyl (C=O) groups excluding carboxylic acids is 1. The van der Waals surface area contributed by atoms with Gasteiger partial charge in [0.2, 0.25) is 15.9 Å². The second kappa shape index (κ2) is 7.40. The summed E-state index contributed by atoms with van der Waals surface area (Å²) >= 11 is 0. The van der Waals surface area contributed by atoms with Crippen LogP contribution in [-0.2, 0) is 10.0 Å². The predicted molar refractivity (Wildman–Crippen MR) is 97.5 cm³/mol. The molecule has 0 spiro atoms. The number of rotatable bonds is 4. The molecule has 0 unspecified atom stereocenters. The van der Waals surface area contributed by atoms with Crippen LogP contribution >= 0.6 is 0 Å². The van der Waals surface area contributed by atoms with Crippen molar-refractivity contribution in [2.75, 3.05) is 26.2 Å². The van der Waals surface area contributed by atoms with E-state index in [1.54, 1.807) is 29.2 Å². The normalized spacial score (nSPS) is 18.7. The quantitative estimate of drug-likeness (QED) is 0.794. The largest absolute Gasteiger partial charge is 0.412 e. The molecule has 144 valence electrons. The number of aromatic nitrogens is 2. The highest BCUT2D eigenvalue weighted by molar-refractivity contribution is 7.89. The van der Waals surface area contributed by atoms with Crippen LogP contribution in [0, 0.1) is 0 Å². The van der Waals surface area contributed by atoms with Crippen molar-refractivity contribution < 1.29 is 17.6 Å². The first-order valence-corrected chi connectivity index (χ1v) is 10.7. The Hall–Kier alpha value is -2.26. The van der Waals surface area contributed by atoms with E-state index in [0.29, 0.717) is 31.7 Å². The maximum absolute atomic E-state index is 12.7. The SMILES string of the molecule is O=C(c1nnc(-c2ccc(S(=O)(=O)N3CCCCC3)cc2)o1)N1CCCC1. The molecule has 0 bridgehead atoms. The molecule has 1 amide bonds. The lowest BCUT2D eigenvalue weighted by Crippen LogP contribution is -2.35. The summed E-state index contributed by atoms with van der Waals surface area (Å²) in [7, 11) is -3.47. The summed E-state index contributed by atoms with van der Waals surface area (Å²) in [6, 6.07) is 6.36. The van der Waals surface area contributed by atoms with Gasteiger partial charge in [-0.2, -0.15) is 4.31 Å². The van der Waals surface area contributed by atoms with Crippen molar-refractivity contribution in [1.82, 2.24) is 19.4 Å². The van der Waals surface area contributed by atoms with Crippen LogP contribution in [0.25, 0.3) is 11.5 Å². The standard InChI is InChI=1S/C18H22N4O4S/c23-18(21-10-4-5-11-21)17-20-19-16(26-17)14-6-8-15(9-7-14)27(24,25)22-12-2-1-3-13-22/h6-9H,1-5,10-13H2. The van der Waals surface area contributed by atoms with Crippen molar-refractivity contribution >= 4 is 15.9 Å². The highest BCUT2D eigenvalue weighted by atomic mass is 32.2. The van der Waals surface area contributed by atoms with E-state index in [9.17, 15) is 13.2 Å². The van der Waals surface area contributed by atoms with Gasteiger partial charge in [-0.1, -0.05) is 6.42 Å². The molecule has 0 aliphatic carbocycles. The van der Waals surface area contributed by atoms with E-state index in [1.165, 1.54) is 4.31 Å². The molecule has 0 N–H and O–H groups in total. The molecule has 1 aromatic carbocycles. The molecule has 2 aromatic rings. The fraction of sp³-hybridized carbons (Fsp3) is 0.500. The lowest BCUT2D eigenvalue weighted by molar-refractivity contribution is 0.0754. The first-order valence-electron chi connectivity index (χ1n) is 9.29. The van der Waals surface area contributed by atoms with Gasteiger partial charge in [-0.3, -0.25) is 4.79 Å². The second-order valence-corrected chi connectivity index (χ2v) is 8.84. The minimum Gasteiger partial charge on any atom is -0.412 e. The number of nitrogens with zero attached hydrogens (tertiary/aromatic N) is 4. The van der Waals surface area contributed by atoms with Gasteiger partial charge < -0.3 is 9.32 Å². The van der Waals surface area contributed by atoms with Crippen molar-refractivity contribution in [2.24, 2.45) is 0 Å². The second-order valence-electron chi connectivity index (χ2n) is 6.90. The van der Waals surface area contributed by atoms with E-state index in [2.05, 4.69) is 10.2 Å².